The molecule has 0 aliphatic rings. The third kappa shape index (κ3) is 3.07. The largest absolute Gasteiger partial charge is 0.309 e. The molecule has 2 aromatic carbocycles. The molecule has 20 heavy (non-hydrogen) atoms. The first-order chi connectivity index (χ1) is 9.52. The van der Waals surface area contributed by atoms with Crippen molar-refractivity contribution in [2.75, 3.05) is 11.4 Å². The van der Waals surface area contributed by atoms with Gasteiger partial charge in [0.25, 0.3) is 5.91 Å². The maximum absolute atomic E-state index is 13.0. The zero-order valence-electron chi connectivity index (χ0n) is 11.4. The normalized spacial score (nSPS) is 10.4. The number of aryl methyl sites for hydroxylation is 1. The van der Waals surface area contributed by atoms with Crippen LogP contribution in [0.5, 0.6) is 0 Å². The van der Waals surface area contributed by atoms with E-state index in [0.29, 0.717) is 17.8 Å². The van der Waals surface area contributed by atoms with Gasteiger partial charge in [-0.2, -0.15) is 0 Å². The average Bonchev–Trinajstić information content (AvgIpc) is 2.41. The van der Waals surface area contributed by atoms with Crippen molar-refractivity contribution in [1.29, 1.82) is 0 Å². The Labute approximate surface area is 126 Å². The first-order valence-corrected chi connectivity index (χ1v) is 7.16. The molecule has 1 amide bonds. The molecule has 2 nitrogen and oxygen atoms in total. The van der Waals surface area contributed by atoms with Gasteiger partial charge in [-0.05, 0) is 71.7 Å². The van der Waals surface area contributed by atoms with Crippen LogP contribution in [0.2, 0.25) is 0 Å². The highest BCUT2D eigenvalue weighted by Crippen LogP contribution is 2.23. The van der Waals surface area contributed by atoms with Gasteiger partial charge in [0.2, 0.25) is 0 Å². The molecule has 0 saturated carbocycles. The minimum absolute atomic E-state index is 0.106. The summed E-state index contributed by atoms with van der Waals surface area (Å²) in [4.78, 5) is 14.2. The van der Waals surface area contributed by atoms with Crippen molar-refractivity contribution in [2.45, 2.75) is 13.8 Å². The number of anilines is 1. The molecule has 104 valence electrons. The average molecular weight is 336 g/mol. The van der Waals surface area contributed by atoms with E-state index < -0.39 is 0 Å². The summed E-state index contributed by atoms with van der Waals surface area (Å²) in [5, 5.41) is 0. The molecule has 0 fully saturated rings. The molecule has 0 aromatic heterocycles. The van der Waals surface area contributed by atoms with Crippen LogP contribution in [-0.2, 0) is 0 Å². The highest BCUT2D eigenvalue weighted by atomic mass is 79.9. The number of amides is 1. The molecule has 2 aromatic rings. The summed E-state index contributed by atoms with van der Waals surface area (Å²) in [6, 6.07) is 11.5. The number of halogens is 2. The Morgan fingerprint density at radius 3 is 2.40 bits per heavy atom. The van der Waals surface area contributed by atoms with Gasteiger partial charge in [0.05, 0.1) is 5.56 Å². The maximum atomic E-state index is 13.0. The molecule has 0 spiro atoms. The summed E-state index contributed by atoms with van der Waals surface area (Å²) in [5.74, 6) is -0.417. The molecule has 0 radical (unpaired) electrons. The molecule has 0 heterocycles. The van der Waals surface area contributed by atoms with E-state index in [-0.39, 0.29) is 11.7 Å². The molecular formula is C16H15BrFNO. The highest BCUT2D eigenvalue weighted by Gasteiger charge is 2.18. The summed E-state index contributed by atoms with van der Waals surface area (Å²) in [7, 11) is 0. The molecule has 4 heteroatoms. The summed E-state index contributed by atoms with van der Waals surface area (Å²) >= 11 is 3.42. The third-order valence-electron chi connectivity index (χ3n) is 3.05. The van der Waals surface area contributed by atoms with E-state index in [1.165, 1.54) is 12.1 Å². The van der Waals surface area contributed by atoms with E-state index in [0.717, 1.165) is 10.0 Å². The summed E-state index contributed by atoms with van der Waals surface area (Å²) < 4.78 is 13.7. The summed E-state index contributed by atoms with van der Waals surface area (Å²) in [6.07, 6.45) is 0. The van der Waals surface area contributed by atoms with Gasteiger partial charge in [-0.3, -0.25) is 4.79 Å². The zero-order chi connectivity index (χ0) is 14.7. The van der Waals surface area contributed by atoms with Crippen molar-refractivity contribution < 1.29 is 9.18 Å². The van der Waals surface area contributed by atoms with Crippen molar-refractivity contribution in [1.82, 2.24) is 0 Å². The lowest BCUT2D eigenvalue weighted by molar-refractivity contribution is 0.0987. The van der Waals surface area contributed by atoms with Crippen molar-refractivity contribution in [3.8, 4) is 0 Å². The molecule has 0 saturated heterocycles. The quantitative estimate of drug-likeness (QED) is 0.804. The smallest absolute Gasteiger partial charge is 0.259 e. The molecular weight excluding hydrogens is 321 g/mol. The SMILES string of the molecule is CCN(C(=O)c1ccc(C)cc1Br)c1ccc(F)cc1. The van der Waals surface area contributed by atoms with E-state index in [1.807, 2.05) is 26.0 Å². The van der Waals surface area contributed by atoms with Gasteiger partial charge in [0, 0.05) is 16.7 Å². The van der Waals surface area contributed by atoms with Crippen LogP contribution >= 0.6 is 15.9 Å². The van der Waals surface area contributed by atoms with Gasteiger partial charge in [-0.1, -0.05) is 6.07 Å². The van der Waals surface area contributed by atoms with Gasteiger partial charge in [0.1, 0.15) is 5.82 Å². The fraction of sp³-hybridized carbons (Fsp3) is 0.188. The maximum Gasteiger partial charge on any atom is 0.259 e. The van der Waals surface area contributed by atoms with Crippen molar-refractivity contribution in [3.05, 3.63) is 63.9 Å². The van der Waals surface area contributed by atoms with Crippen LogP contribution < -0.4 is 4.90 Å². The Hall–Kier alpha value is -1.68. The van der Waals surface area contributed by atoms with Gasteiger partial charge in [0.15, 0.2) is 0 Å². The number of benzene rings is 2. The van der Waals surface area contributed by atoms with Gasteiger partial charge >= 0.3 is 0 Å². The van der Waals surface area contributed by atoms with Gasteiger partial charge in [-0.15, -0.1) is 0 Å². The summed E-state index contributed by atoms with van der Waals surface area (Å²) in [5.41, 5.74) is 2.37. The minimum Gasteiger partial charge on any atom is -0.309 e. The van der Waals surface area contributed by atoms with Crippen LogP contribution in [0.25, 0.3) is 0 Å². The van der Waals surface area contributed by atoms with Crippen LogP contribution in [-0.4, -0.2) is 12.5 Å². The Kier molecular flexibility index (Phi) is 4.55. The second-order valence-electron chi connectivity index (χ2n) is 4.51. The number of hydrogen-bond donors (Lipinski definition) is 0. The fourth-order valence-electron chi connectivity index (χ4n) is 2.00. The van der Waals surface area contributed by atoms with Crippen molar-refractivity contribution >= 4 is 27.5 Å². The number of hydrogen-bond acceptors (Lipinski definition) is 1. The second-order valence-corrected chi connectivity index (χ2v) is 5.36. The van der Waals surface area contributed by atoms with Crippen LogP contribution in [0, 0.1) is 12.7 Å². The number of carbonyl (C=O) groups is 1. The van der Waals surface area contributed by atoms with E-state index in [1.54, 1.807) is 23.1 Å². The topological polar surface area (TPSA) is 20.3 Å². The lowest BCUT2D eigenvalue weighted by atomic mass is 10.1. The lowest BCUT2D eigenvalue weighted by Gasteiger charge is -2.21. The molecule has 0 unspecified atom stereocenters. The van der Waals surface area contributed by atoms with E-state index in [4.69, 9.17) is 0 Å². The predicted octanol–water partition coefficient (Wildman–Crippen LogP) is 4.56. The molecule has 0 aliphatic carbocycles. The third-order valence-corrected chi connectivity index (χ3v) is 3.71. The molecule has 0 atom stereocenters. The number of carbonyl (C=O) groups excluding carboxylic acids is 1. The first-order valence-electron chi connectivity index (χ1n) is 6.36. The number of nitrogens with zero attached hydrogens (tertiary/aromatic N) is 1. The van der Waals surface area contributed by atoms with Crippen molar-refractivity contribution in [2.24, 2.45) is 0 Å². The molecule has 0 bridgehead atoms. The monoisotopic (exact) mass is 335 g/mol. The number of rotatable bonds is 3. The second kappa shape index (κ2) is 6.18. The van der Waals surface area contributed by atoms with Gasteiger partial charge in [-0.25, -0.2) is 4.39 Å². The predicted molar refractivity (Wildman–Crippen MR) is 82.6 cm³/mol. The highest BCUT2D eigenvalue weighted by molar-refractivity contribution is 9.10. The van der Waals surface area contributed by atoms with Crippen LogP contribution in [0.1, 0.15) is 22.8 Å². The van der Waals surface area contributed by atoms with Crippen LogP contribution in [0.15, 0.2) is 46.9 Å². The Morgan fingerprint density at radius 2 is 1.85 bits per heavy atom. The molecule has 0 aliphatic heterocycles. The lowest BCUT2D eigenvalue weighted by Crippen LogP contribution is -2.30. The van der Waals surface area contributed by atoms with Crippen LogP contribution in [0.4, 0.5) is 10.1 Å². The summed E-state index contributed by atoms with van der Waals surface area (Å²) in [6.45, 7) is 4.38. The molecule has 2 rings (SSSR count). The Balaban J connectivity index is 2.36. The first kappa shape index (κ1) is 14.7. The van der Waals surface area contributed by atoms with E-state index >= 15 is 0 Å². The zero-order valence-corrected chi connectivity index (χ0v) is 12.9. The Bertz CT molecular complexity index is 625. The Morgan fingerprint density at radius 1 is 1.20 bits per heavy atom. The van der Waals surface area contributed by atoms with Crippen molar-refractivity contribution in [3.63, 3.8) is 0 Å². The van der Waals surface area contributed by atoms with Crippen LogP contribution in [0.3, 0.4) is 0 Å². The molecule has 0 N–H and O–H groups in total. The van der Waals surface area contributed by atoms with E-state index in [2.05, 4.69) is 15.9 Å². The minimum atomic E-state index is -0.311. The van der Waals surface area contributed by atoms with Gasteiger partial charge < -0.3 is 4.90 Å². The fourth-order valence-corrected chi connectivity index (χ4v) is 2.67. The van der Waals surface area contributed by atoms with E-state index in [9.17, 15) is 9.18 Å². The standard InChI is InChI=1S/C16H15BrFNO/c1-3-19(13-7-5-12(18)6-8-13)16(20)14-9-4-11(2)10-15(14)17/h4-10H,3H2,1-2H3.